The van der Waals surface area contributed by atoms with Crippen molar-refractivity contribution in [1.82, 2.24) is 0 Å². The Morgan fingerprint density at radius 3 is 2.58 bits per heavy atom. The topological polar surface area (TPSA) is 72.8 Å². The van der Waals surface area contributed by atoms with E-state index in [1.54, 1.807) is 26.8 Å². The fourth-order valence-corrected chi connectivity index (χ4v) is 4.64. The van der Waals surface area contributed by atoms with Crippen molar-refractivity contribution in [2.75, 3.05) is 0 Å². The number of sulfone groups is 1. The second-order valence-electron chi connectivity index (χ2n) is 5.59. The summed E-state index contributed by atoms with van der Waals surface area (Å²) in [6.45, 7) is 6.99. The van der Waals surface area contributed by atoms with Gasteiger partial charge in [-0.15, -0.1) is 0 Å². The van der Waals surface area contributed by atoms with Gasteiger partial charge in [0.2, 0.25) is 15.6 Å². The lowest BCUT2D eigenvalue weighted by atomic mass is 9.98. The average molecular weight is 284 g/mol. The molecule has 1 N–H and O–H groups in total. The third-order valence-corrected chi connectivity index (χ3v) is 5.64. The fourth-order valence-electron chi connectivity index (χ4n) is 2.76. The maximum Gasteiger partial charge on any atom is 0.245 e. The number of ether oxygens (including phenoxy) is 2. The maximum absolute atomic E-state index is 12.3. The van der Waals surface area contributed by atoms with E-state index in [2.05, 4.69) is 0 Å². The molecule has 3 aliphatic rings. The van der Waals surface area contributed by atoms with Crippen LogP contribution in [0.3, 0.4) is 0 Å². The van der Waals surface area contributed by atoms with Crippen LogP contribution in [-0.2, 0) is 9.84 Å². The Bertz CT molecular complexity index is 675. The molecule has 5 nitrogen and oxygen atoms in total. The van der Waals surface area contributed by atoms with E-state index in [1.165, 1.54) is 0 Å². The van der Waals surface area contributed by atoms with Gasteiger partial charge in [-0.05, 0) is 18.6 Å². The van der Waals surface area contributed by atoms with Gasteiger partial charge in [-0.25, -0.2) is 8.42 Å². The molecular weight excluding hydrogens is 268 g/mol. The van der Waals surface area contributed by atoms with Gasteiger partial charge >= 0.3 is 0 Å². The molecule has 0 fully saturated rings. The molecular formula is C13H16O5S. The summed E-state index contributed by atoms with van der Waals surface area (Å²) in [6.07, 6.45) is 0. The molecule has 0 amide bonds. The molecule has 0 saturated carbocycles. The highest BCUT2D eigenvalue weighted by Crippen LogP contribution is 2.53. The van der Waals surface area contributed by atoms with E-state index < -0.39 is 27.0 Å². The first-order valence-electron chi connectivity index (χ1n) is 6.12. The molecule has 1 aromatic carbocycles. The lowest BCUT2D eigenvalue weighted by Gasteiger charge is -2.25. The Morgan fingerprint density at radius 1 is 1.32 bits per heavy atom. The molecule has 0 saturated heterocycles. The van der Waals surface area contributed by atoms with E-state index in [4.69, 9.17) is 9.47 Å². The maximum atomic E-state index is 12.3. The number of hydrogen-bond donors (Lipinski definition) is 1. The normalized spacial score (nSPS) is 29.3. The van der Waals surface area contributed by atoms with Gasteiger partial charge in [0.05, 0.1) is 0 Å². The third kappa shape index (κ3) is 1.53. The molecule has 19 heavy (non-hydrogen) atoms. The highest BCUT2D eigenvalue weighted by atomic mass is 32.2. The molecule has 2 unspecified atom stereocenters. The fraction of sp³-hybridized carbons (Fsp3) is 0.538. The molecule has 0 radical (unpaired) electrons. The number of aryl methyl sites for hydroxylation is 1. The Morgan fingerprint density at radius 2 is 1.95 bits per heavy atom. The first-order chi connectivity index (χ1) is 8.65. The van der Waals surface area contributed by atoms with Crippen molar-refractivity contribution in [3.63, 3.8) is 0 Å². The minimum Gasteiger partial charge on any atom is -0.452 e. The molecule has 4 rings (SSSR count). The Kier molecular flexibility index (Phi) is 2.30. The van der Waals surface area contributed by atoms with E-state index in [0.717, 1.165) is 5.56 Å². The standard InChI is InChI=1S/C13H16O5S/c1-6-5-8-11-9(7(2)12(14)19(11,15)16)10(6)18-13(3,4)17-8/h5,7,12,14H,1-4H3. The summed E-state index contributed by atoms with van der Waals surface area (Å²) < 4.78 is 36.0. The Labute approximate surface area is 112 Å². The number of aliphatic hydroxyl groups is 1. The van der Waals surface area contributed by atoms with Crippen molar-refractivity contribution in [3.05, 3.63) is 17.2 Å². The zero-order valence-electron chi connectivity index (χ0n) is 11.2. The van der Waals surface area contributed by atoms with Crippen molar-refractivity contribution in [2.24, 2.45) is 0 Å². The second-order valence-corrected chi connectivity index (χ2v) is 7.57. The van der Waals surface area contributed by atoms with Gasteiger partial charge in [0.1, 0.15) is 16.4 Å². The van der Waals surface area contributed by atoms with Gasteiger partial charge in [0, 0.05) is 25.3 Å². The molecule has 104 valence electrons. The van der Waals surface area contributed by atoms with E-state index >= 15 is 0 Å². The highest BCUT2D eigenvalue weighted by Gasteiger charge is 2.49. The number of benzene rings is 1. The van der Waals surface area contributed by atoms with Gasteiger partial charge in [0.25, 0.3) is 0 Å². The minimum absolute atomic E-state index is 0.0821. The van der Waals surface area contributed by atoms with Gasteiger partial charge in [-0.1, -0.05) is 6.92 Å². The molecule has 0 aliphatic carbocycles. The molecule has 6 heteroatoms. The predicted octanol–water partition coefficient (Wildman–Crippen LogP) is 1.71. The van der Waals surface area contributed by atoms with E-state index in [1.807, 2.05) is 6.92 Å². The Balaban J connectivity index is 2.41. The monoisotopic (exact) mass is 284 g/mol. The summed E-state index contributed by atoms with van der Waals surface area (Å²) in [7, 11) is -3.78. The molecule has 2 atom stereocenters. The largest absolute Gasteiger partial charge is 0.452 e. The summed E-state index contributed by atoms with van der Waals surface area (Å²) in [5.41, 5.74) is -0.0845. The van der Waals surface area contributed by atoms with E-state index in [-0.39, 0.29) is 10.6 Å². The zero-order valence-corrected chi connectivity index (χ0v) is 12.0. The first-order valence-corrected chi connectivity index (χ1v) is 7.67. The molecule has 0 aromatic heterocycles. The predicted molar refractivity (Wildman–Crippen MR) is 68.1 cm³/mol. The van der Waals surface area contributed by atoms with Crippen LogP contribution in [0.4, 0.5) is 0 Å². The van der Waals surface area contributed by atoms with Crippen LogP contribution in [0.5, 0.6) is 11.5 Å². The van der Waals surface area contributed by atoms with Crippen molar-refractivity contribution in [1.29, 1.82) is 0 Å². The molecule has 1 aromatic rings. The van der Waals surface area contributed by atoms with Gasteiger partial charge in [0.15, 0.2) is 5.44 Å². The molecule has 3 aliphatic heterocycles. The van der Waals surface area contributed by atoms with Gasteiger partial charge < -0.3 is 14.6 Å². The number of hydrogen-bond acceptors (Lipinski definition) is 5. The van der Waals surface area contributed by atoms with Crippen LogP contribution in [0.1, 0.15) is 37.8 Å². The van der Waals surface area contributed by atoms with Crippen molar-refractivity contribution >= 4 is 9.84 Å². The molecule has 3 heterocycles. The number of rotatable bonds is 0. The van der Waals surface area contributed by atoms with Crippen LogP contribution < -0.4 is 9.47 Å². The summed E-state index contributed by atoms with van der Waals surface area (Å²) in [4.78, 5) is 0.0821. The minimum atomic E-state index is -3.78. The summed E-state index contributed by atoms with van der Waals surface area (Å²) in [6, 6.07) is 1.66. The Hall–Kier alpha value is -1.27. The van der Waals surface area contributed by atoms with Crippen LogP contribution in [-0.4, -0.2) is 24.7 Å². The third-order valence-electron chi connectivity index (χ3n) is 3.61. The van der Waals surface area contributed by atoms with Crippen molar-refractivity contribution < 1.29 is 23.0 Å². The van der Waals surface area contributed by atoms with Crippen molar-refractivity contribution in [3.8, 4) is 11.5 Å². The lowest BCUT2D eigenvalue weighted by Crippen LogP contribution is -2.34. The van der Waals surface area contributed by atoms with Crippen LogP contribution in [0, 0.1) is 6.92 Å². The van der Waals surface area contributed by atoms with Crippen molar-refractivity contribution in [2.45, 2.75) is 49.7 Å². The highest BCUT2D eigenvalue weighted by molar-refractivity contribution is 7.92. The molecule has 2 bridgehead atoms. The summed E-state index contributed by atoms with van der Waals surface area (Å²) in [5.74, 6) is -0.675. The van der Waals surface area contributed by atoms with Crippen LogP contribution in [0.15, 0.2) is 11.0 Å². The number of fused-ring (bicyclic) bond motifs is 3. The van der Waals surface area contributed by atoms with Crippen LogP contribution in [0.2, 0.25) is 0 Å². The molecule has 0 spiro atoms. The first kappa shape index (κ1) is 12.7. The number of aliphatic hydroxyl groups excluding tert-OH is 1. The quantitative estimate of drug-likeness (QED) is 0.785. The average Bonchev–Trinajstić information content (AvgIpc) is 2.41. The van der Waals surface area contributed by atoms with E-state index in [9.17, 15) is 13.5 Å². The van der Waals surface area contributed by atoms with Gasteiger partial charge in [-0.2, -0.15) is 0 Å². The van der Waals surface area contributed by atoms with Crippen LogP contribution in [0.25, 0.3) is 0 Å². The van der Waals surface area contributed by atoms with Crippen LogP contribution >= 0.6 is 0 Å². The second kappa shape index (κ2) is 3.43. The van der Waals surface area contributed by atoms with E-state index in [0.29, 0.717) is 11.3 Å². The zero-order chi connectivity index (χ0) is 14.2. The lowest BCUT2D eigenvalue weighted by molar-refractivity contribution is -0.0780. The SMILES string of the molecule is Cc1cc2c3c(c1OC(C)(C)O2)C(C)C(O)S3(=O)=O. The van der Waals surface area contributed by atoms with Gasteiger partial charge in [-0.3, -0.25) is 0 Å². The smallest absolute Gasteiger partial charge is 0.245 e. The summed E-state index contributed by atoms with van der Waals surface area (Å²) >= 11 is 0. The summed E-state index contributed by atoms with van der Waals surface area (Å²) in [5, 5.41) is 9.94.